The number of nitrogens with one attached hydrogen (secondary N) is 1. The summed E-state index contributed by atoms with van der Waals surface area (Å²) in [5.41, 5.74) is 0. The minimum absolute atomic E-state index is 0.135. The number of aliphatic hydroxyl groups is 1. The van der Waals surface area contributed by atoms with Gasteiger partial charge in [-0.05, 0) is 12.8 Å². The lowest BCUT2D eigenvalue weighted by atomic mass is 10.2. The van der Waals surface area contributed by atoms with E-state index in [2.05, 4.69) is 10.3 Å². The van der Waals surface area contributed by atoms with Crippen LogP contribution in [0.2, 0.25) is 5.15 Å². The summed E-state index contributed by atoms with van der Waals surface area (Å²) >= 11 is 6.97. The molecule has 0 aliphatic heterocycles. The first-order chi connectivity index (χ1) is 7.21. The predicted octanol–water partition coefficient (Wildman–Crippen LogP) is 2.24. The maximum Gasteiger partial charge on any atom is 0.185 e. The molecule has 1 aromatic rings. The Morgan fingerprint density at radius 3 is 2.93 bits per heavy atom. The topological polar surface area (TPSA) is 68.9 Å². The van der Waals surface area contributed by atoms with Crippen LogP contribution in [0.15, 0.2) is 0 Å². The monoisotopic (exact) mass is 245 g/mol. The minimum atomic E-state index is 0.135. The van der Waals surface area contributed by atoms with Gasteiger partial charge in [0.25, 0.3) is 0 Å². The van der Waals surface area contributed by atoms with Crippen LogP contribution in [-0.2, 0) is 0 Å². The second kappa shape index (κ2) is 5.91. The third kappa shape index (κ3) is 3.34. The number of nitriles is 1. The summed E-state index contributed by atoms with van der Waals surface area (Å²) in [7, 11) is 0. The molecule has 0 saturated heterocycles. The SMILES string of the molecule is CCC(CCO)Nc1nc(Cl)c(C#N)s1. The summed E-state index contributed by atoms with van der Waals surface area (Å²) in [5, 5.41) is 21.5. The smallest absolute Gasteiger partial charge is 0.185 e. The number of nitrogens with zero attached hydrogens (tertiary/aromatic N) is 2. The van der Waals surface area contributed by atoms with Crippen LogP contribution < -0.4 is 5.32 Å². The molecule has 1 unspecified atom stereocenters. The van der Waals surface area contributed by atoms with E-state index in [0.717, 1.165) is 6.42 Å². The van der Waals surface area contributed by atoms with Crippen molar-refractivity contribution in [3.8, 4) is 6.07 Å². The molecule has 0 aliphatic carbocycles. The van der Waals surface area contributed by atoms with Gasteiger partial charge in [-0.1, -0.05) is 29.9 Å². The lowest BCUT2D eigenvalue weighted by Crippen LogP contribution is -2.19. The lowest BCUT2D eigenvalue weighted by Gasteiger charge is -2.13. The Labute approximate surface area is 97.5 Å². The second-order valence-electron chi connectivity index (χ2n) is 3.01. The van der Waals surface area contributed by atoms with Crippen LogP contribution in [0, 0.1) is 11.3 Å². The largest absolute Gasteiger partial charge is 0.396 e. The summed E-state index contributed by atoms with van der Waals surface area (Å²) in [5.74, 6) is 0. The molecular formula is C9H12ClN3OS. The Morgan fingerprint density at radius 2 is 2.47 bits per heavy atom. The van der Waals surface area contributed by atoms with Gasteiger partial charge in [0, 0.05) is 12.6 Å². The Balaban J connectivity index is 2.67. The number of rotatable bonds is 5. The average Bonchev–Trinajstić information content (AvgIpc) is 2.58. The molecule has 4 nitrogen and oxygen atoms in total. The van der Waals surface area contributed by atoms with E-state index in [1.807, 2.05) is 13.0 Å². The Hall–Kier alpha value is -0.830. The third-order valence-electron chi connectivity index (χ3n) is 1.99. The van der Waals surface area contributed by atoms with Crippen molar-refractivity contribution in [3.05, 3.63) is 10.0 Å². The molecule has 0 aromatic carbocycles. The van der Waals surface area contributed by atoms with Crippen LogP contribution >= 0.6 is 22.9 Å². The lowest BCUT2D eigenvalue weighted by molar-refractivity contribution is 0.278. The number of aliphatic hydroxyl groups excluding tert-OH is 1. The summed E-state index contributed by atoms with van der Waals surface area (Å²) < 4.78 is 0. The summed E-state index contributed by atoms with van der Waals surface area (Å²) in [6.45, 7) is 2.16. The first-order valence-electron chi connectivity index (χ1n) is 4.65. The van der Waals surface area contributed by atoms with E-state index >= 15 is 0 Å². The van der Waals surface area contributed by atoms with Crippen LogP contribution in [0.3, 0.4) is 0 Å². The van der Waals surface area contributed by atoms with Gasteiger partial charge in [-0.15, -0.1) is 0 Å². The maximum absolute atomic E-state index is 8.82. The molecule has 1 aromatic heterocycles. The van der Waals surface area contributed by atoms with Crippen molar-refractivity contribution < 1.29 is 5.11 Å². The van der Waals surface area contributed by atoms with E-state index in [-0.39, 0.29) is 17.8 Å². The summed E-state index contributed by atoms with van der Waals surface area (Å²) in [6.07, 6.45) is 1.55. The van der Waals surface area contributed by atoms with Gasteiger partial charge in [0.05, 0.1) is 0 Å². The van der Waals surface area contributed by atoms with Gasteiger partial charge in [-0.3, -0.25) is 0 Å². The highest BCUT2D eigenvalue weighted by atomic mass is 35.5. The highest BCUT2D eigenvalue weighted by molar-refractivity contribution is 7.16. The Bertz CT molecular complexity index is 361. The summed E-state index contributed by atoms with van der Waals surface area (Å²) in [6, 6.07) is 2.14. The number of aromatic nitrogens is 1. The van der Waals surface area contributed by atoms with Gasteiger partial charge < -0.3 is 10.4 Å². The van der Waals surface area contributed by atoms with E-state index in [1.54, 1.807) is 0 Å². The molecule has 6 heteroatoms. The van der Waals surface area contributed by atoms with E-state index in [9.17, 15) is 0 Å². The van der Waals surface area contributed by atoms with E-state index < -0.39 is 0 Å². The minimum Gasteiger partial charge on any atom is -0.396 e. The number of hydrogen-bond donors (Lipinski definition) is 2. The standard InChI is InChI=1S/C9H12ClN3OS/c1-2-6(3-4-14)12-9-13-8(10)7(5-11)15-9/h6,14H,2-4H2,1H3,(H,12,13). The average molecular weight is 246 g/mol. The fourth-order valence-corrected chi connectivity index (χ4v) is 2.17. The van der Waals surface area contributed by atoms with Gasteiger partial charge in [-0.2, -0.15) is 5.26 Å². The van der Waals surface area contributed by atoms with Gasteiger partial charge in [0.1, 0.15) is 10.9 Å². The Kier molecular flexibility index (Phi) is 4.82. The summed E-state index contributed by atoms with van der Waals surface area (Å²) in [4.78, 5) is 4.44. The molecule has 0 amide bonds. The molecule has 0 spiro atoms. The molecule has 0 saturated carbocycles. The van der Waals surface area contributed by atoms with Gasteiger partial charge in [0.2, 0.25) is 0 Å². The fourth-order valence-electron chi connectivity index (χ4n) is 1.14. The number of hydrogen-bond acceptors (Lipinski definition) is 5. The van der Waals surface area contributed by atoms with Crippen molar-refractivity contribution in [1.82, 2.24) is 4.98 Å². The van der Waals surface area contributed by atoms with Crippen molar-refractivity contribution in [3.63, 3.8) is 0 Å². The van der Waals surface area contributed by atoms with Crippen LogP contribution in [-0.4, -0.2) is 22.7 Å². The zero-order valence-electron chi connectivity index (χ0n) is 8.33. The second-order valence-corrected chi connectivity index (χ2v) is 4.37. The van der Waals surface area contributed by atoms with Crippen molar-refractivity contribution in [2.24, 2.45) is 0 Å². The number of halogens is 1. The normalized spacial score (nSPS) is 12.1. The number of anilines is 1. The van der Waals surface area contributed by atoms with Crippen LogP contribution in [0.4, 0.5) is 5.13 Å². The molecule has 82 valence electrons. The molecule has 0 bridgehead atoms. The van der Waals surface area contributed by atoms with E-state index in [0.29, 0.717) is 16.4 Å². The van der Waals surface area contributed by atoms with Crippen LogP contribution in [0.5, 0.6) is 0 Å². The highest BCUT2D eigenvalue weighted by Crippen LogP contribution is 2.26. The molecule has 0 radical (unpaired) electrons. The zero-order chi connectivity index (χ0) is 11.3. The van der Waals surface area contributed by atoms with Crippen molar-refractivity contribution in [2.75, 3.05) is 11.9 Å². The highest BCUT2D eigenvalue weighted by Gasteiger charge is 2.11. The van der Waals surface area contributed by atoms with Crippen molar-refractivity contribution in [1.29, 1.82) is 5.26 Å². The van der Waals surface area contributed by atoms with Gasteiger partial charge in [0.15, 0.2) is 10.3 Å². The molecule has 15 heavy (non-hydrogen) atoms. The van der Waals surface area contributed by atoms with Crippen molar-refractivity contribution >= 4 is 28.1 Å². The maximum atomic E-state index is 8.82. The van der Waals surface area contributed by atoms with E-state index in [4.69, 9.17) is 22.0 Å². The molecule has 2 N–H and O–H groups in total. The molecule has 1 rings (SSSR count). The molecular weight excluding hydrogens is 234 g/mol. The quantitative estimate of drug-likeness (QED) is 0.835. The molecule has 1 heterocycles. The van der Waals surface area contributed by atoms with Crippen LogP contribution in [0.25, 0.3) is 0 Å². The Morgan fingerprint density at radius 1 is 1.73 bits per heavy atom. The zero-order valence-corrected chi connectivity index (χ0v) is 9.90. The van der Waals surface area contributed by atoms with E-state index in [1.165, 1.54) is 11.3 Å². The van der Waals surface area contributed by atoms with Gasteiger partial charge in [-0.25, -0.2) is 4.98 Å². The van der Waals surface area contributed by atoms with Gasteiger partial charge >= 0.3 is 0 Å². The number of thiazole rings is 1. The predicted molar refractivity (Wildman–Crippen MR) is 61.2 cm³/mol. The molecule has 0 fully saturated rings. The molecule has 0 aliphatic rings. The third-order valence-corrected chi connectivity index (χ3v) is 3.26. The van der Waals surface area contributed by atoms with Crippen molar-refractivity contribution in [2.45, 2.75) is 25.8 Å². The fraction of sp³-hybridized carbons (Fsp3) is 0.556. The molecule has 1 atom stereocenters. The first-order valence-corrected chi connectivity index (χ1v) is 5.84. The van der Waals surface area contributed by atoms with Crippen LogP contribution in [0.1, 0.15) is 24.6 Å². The first kappa shape index (κ1) is 12.2.